The second-order valence-electron chi connectivity index (χ2n) is 3.70. The number of hydrogen-bond donors (Lipinski definition) is 1. The zero-order valence-corrected chi connectivity index (χ0v) is 10.5. The van der Waals surface area contributed by atoms with Gasteiger partial charge in [-0.25, -0.2) is 14.2 Å². The number of ether oxygens (including phenoxy) is 1. The third-order valence-corrected chi connectivity index (χ3v) is 3.15. The first-order chi connectivity index (χ1) is 8.56. The molecular weight excluding hydrogens is 255 g/mol. The second kappa shape index (κ2) is 5.14. The van der Waals surface area contributed by atoms with Gasteiger partial charge in [-0.3, -0.25) is 0 Å². The molecule has 94 valence electrons. The average Bonchev–Trinajstić information content (AvgIpc) is 2.72. The van der Waals surface area contributed by atoms with Gasteiger partial charge in [0.25, 0.3) is 0 Å². The summed E-state index contributed by atoms with van der Waals surface area (Å²) in [6, 6.07) is 3.84. The second-order valence-corrected chi connectivity index (χ2v) is 4.64. The average molecular weight is 266 g/mol. The van der Waals surface area contributed by atoms with Crippen molar-refractivity contribution in [2.45, 2.75) is 13.5 Å². The lowest BCUT2D eigenvalue weighted by Gasteiger charge is -2.04. The number of nitrogens with two attached hydrogens (primary N) is 1. The monoisotopic (exact) mass is 266 g/mol. The van der Waals surface area contributed by atoms with E-state index in [9.17, 15) is 9.18 Å². The van der Waals surface area contributed by atoms with Crippen molar-refractivity contribution in [3.05, 3.63) is 45.7 Å². The minimum absolute atomic E-state index is 0.0428. The van der Waals surface area contributed by atoms with Gasteiger partial charge in [-0.1, -0.05) is 0 Å². The molecule has 18 heavy (non-hydrogen) atoms. The maximum atomic E-state index is 13.4. The van der Waals surface area contributed by atoms with Crippen LogP contribution in [0.25, 0.3) is 0 Å². The Balaban J connectivity index is 2.03. The molecule has 0 spiro atoms. The number of esters is 1. The van der Waals surface area contributed by atoms with Gasteiger partial charge in [0.1, 0.15) is 17.4 Å². The van der Waals surface area contributed by atoms with E-state index in [-0.39, 0.29) is 17.9 Å². The highest BCUT2D eigenvalue weighted by Crippen LogP contribution is 2.15. The Bertz CT molecular complexity index is 583. The molecule has 2 rings (SSSR count). The summed E-state index contributed by atoms with van der Waals surface area (Å²) in [4.78, 5) is 15.8. The summed E-state index contributed by atoms with van der Waals surface area (Å²) in [5.41, 5.74) is 6.40. The highest BCUT2D eigenvalue weighted by atomic mass is 32.1. The molecule has 6 heteroatoms. The predicted octanol–water partition coefficient (Wildman–Crippen LogP) is 2.53. The molecule has 2 N–H and O–H groups in total. The van der Waals surface area contributed by atoms with Crippen LogP contribution in [0.1, 0.15) is 21.1 Å². The minimum atomic E-state index is -0.722. The molecule has 0 aliphatic heterocycles. The number of aromatic nitrogens is 1. The van der Waals surface area contributed by atoms with E-state index in [0.717, 1.165) is 11.8 Å². The van der Waals surface area contributed by atoms with Crippen molar-refractivity contribution in [3.63, 3.8) is 0 Å². The Labute approximate surface area is 107 Å². The van der Waals surface area contributed by atoms with Crippen LogP contribution >= 0.6 is 11.3 Å². The third kappa shape index (κ3) is 2.84. The Morgan fingerprint density at radius 2 is 2.33 bits per heavy atom. The van der Waals surface area contributed by atoms with Crippen molar-refractivity contribution in [2.75, 3.05) is 5.73 Å². The molecule has 0 radical (unpaired) electrons. The van der Waals surface area contributed by atoms with Crippen LogP contribution in [-0.4, -0.2) is 11.0 Å². The number of hydrogen-bond acceptors (Lipinski definition) is 5. The van der Waals surface area contributed by atoms with Gasteiger partial charge in [-0.2, -0.15) is 0 Å². The molecule has 2 aromatic rings. The van der Waals surface area contributed by atoms with Crippen molar-refractivity contribution in [1.82, 2.24) is 4.98 Å². The molecule has 0 aliphatic carbocycles. The standard InChI is InChI=1S/C12H11FN2O2S/c1-7-6-18-11(15-7)5-17-12(16)9-3-2-8(14)4-10(9)13/h2-4,6H,5,14H2,1H3. The number of thiazole rings is 1. The van der Waals surface area contributed by atoms with E-state index in [2.05, 4.69) is 4.98 Å². The molecule has 1 aromatic carbocycles. The largest absolute Gasteiger partial charge is 0.455 e. The Kier molecular flexibility index (Phi) is 3.57. The lowest BCUT2D eigenvalue weighted by atomic mass is 10.2. The van der Waals surface area contributed by atoms with Crippen LogP contribution < -0.4 is 5.73 Å². The maximum absolute atomic E-state index is 13.4. The van der Waals surface area contributed by atoms with Gasteiger partial charge in [0.15, 0.2) is 0 Å². The quantitative estimate of drug-likeness (QED) is 0.685. The molecule has 1 heterocycles. The fourth-order valence-corrected chi connectivity index (χ4v) is 2.05. The molecular formula is C12H11FN2O2S. The number of benzene rings is 1. The summed E-state index contributed by atoms with van der Waals surface area (Å²) < 4.78 is 18.4. The number of aryl methyl sites for hydroxylation is 1. The van der Waals surface area contributed by atoms with Gasteiger partial charge < -0.3 is 10.5 Å². The molecule has 0 bridgehead atoms. The van der Waals surface area contributed by atoms with E-state index in [0.29, 0.717) is 5.01 Å². The number of rotatable bonds is 3. The molecule has 0 saturated carbocycles. The van der Waals surface area contributed by atoms with Crippen LogP contribution in [0.3, 0.4) is 0 Å². The number of anilines is 1. The Morgan fingerprint density at radius 1 is 1.56 bits per heavy atom. The number of nitrogens with zero attached hydrogens (tertiary/aromatic N) is 1. The summed E-state index contributed by atoms with van der Waals surface area (Å²) in [6.45, 7) is 1.89. The number of halogens is 1. The first-order valence-corrected chi connectivity index (χ1v) is 6.07. The zero-order chi connectivity index (χ0) is 13.1. The molecule has 0 amide bonds. The topological polar surface area (TPSA) is 65.2 Å². The molecule has 1 aromatic heterocycles. The lowest BCUT2D eigenvalue weighted by Crippen LogP contribution is -2.08. The van der Waals surface area contributed by atoms with E-state index in [4.69, 9.17) is 10.5 Å². The smallest absolute Gasteiger partial charge is 0.341 e. The fourth-order valence-electron chi connectivity index (χ4n) is 1.37. The van der Waals surface area contributed by atoms with Crippen LogP contribution in [0, 0.1) is 12.7 Å². The number of carbonyl (C=O) groups is 1. The maximum Gasteiger partial charge on any atom is 0.341 e. The molecule has 4 nitrogen and oxygen atoms in total. The highest BCUT2D eigenvalue weighted by molar-refractivity contribution is 7.09. The number of nitrogen functional groups attached to an aromatic ring is 1. The van der Waals surface area contributed by atoms with Crippen molar-refractivity contribution in [1.29, 1.82) is 0 Å². The van der Waals surface area contributed by atoms with E-state index >= 15 is 0 Å². The summed E-state index contributed by atoms with van der Waals surface area (Å²) in [7, 11) is 0. The molecule has 0 fully saturated rings. The molecule has 0 aliphatic rings. The van der Waals surface area contributed by atoms with Gasteiger partial charge in [0.2, 0.25) is 0 Å². The summed E-state index contributed by atoms with van der Waals surface area (Å²) in [6.07, 6.45) is 0. The first kappa shape index (κ1) is 12.5. The van der Waals surface area contributed by atoms with Crippen molar-refractivity contribution >= 4 is 23.0 Å². The van der Waals surface area contributed by atoms with Crippen molar-refractivity contribution in [3.8, 4) is 0 Å². The van der Waals surface area contributed by atoms with Crippen molar-refractivity contribution < 1.29 is 13.9 Å². The van der Waals surface area contributed by atoms with Crippen LogP contribution in [0.15, 0.2) is 23.6 Å². The molecule has 0 saturated heterocycles. The van der Waals surface area contributed by atoms with Crippen molar-refractivity contribution in [2.24, 2.45) is 0 Å². The van der Waals surface area contributed by atoms with Crippen LogP contribution in [0.2, 0.25) is 0 Å². The van der Waals surface area contributed by atoms with E-state index in [1.54, 1.807) is 0 Å². The third-order valence-electron chi connectivity index (χ3n) is 2.21. The van der Waals surface area contributed by atoms with Gasteiger partial charge >= 0.3 is 5.97 Å². The summed E-state index contributed by atoms with van der Waals surface area (Å²) in [5.74, 6) is -1.41. The molecule has 0 unspecified atom stereocenters. The zero-order valence-electron chi connectivity index (χ0n) is 9.64. The number of carbonyl (C=O) groups excluding carboxylic acids is 1. The minimum Gasteiger partial charge on any atom is -0.455 e. The van der Waals surface area contributed by atoms with Crippen LogP contribution in [0.5, 0.6) is 0 Å². The van der Waals surface area contributed by atoms with Crippen LogP contribution in [-0.2, 0) is 11.3 Å². The highest BCUT2D eigenvalue weighted by Gasteiger charge is 2.14. The summed E-state index contributed by atoms with van der Waals surface area (Å²) in [5, 5.41) is 2.53. The summed E-state index contributed by atoms with van der Waals surface area (Å²) >= 11 is 1.39. The van der Waals surface area contributed by atoms with Gasteiger partial charge in [-0.15, -0.1) is 11.3 Å². The first-order valence-electron chi connectivity index (χ1n) is 5.19. The van der Waals surface area contributed by atoms with Gasteiger partial charge in [0, 0.05) is 16.8 Å². The van der Waals surface area contributed by atoms with Gasteiger partial charge in [0.05, 0.1) is 5.56 Å². The van der Waals surface area contributed by atoms with E-state index in [1.807, 2.05) is 12.3 Å². The Morgan fingerprint density at radius 3 is 2.94 bits per heavy atom. The SMILES string of the molecule is Cc1csc(COC(=O)c2ccc(N)cc2F)n1. The van der Waals surface area contributed by atoms with Gasteiger partial charge in [-0.05, 0) is 25.1 Å². The lowest BCUT2D eigenvalue weighted by molar-refractivity contribution is 0.0467. The molecule has 0 atom stereocenters. The fraction of sp³-hybridized carbons (Fsp3) is 0.167. The Hall–Kier alpha value is -1.95. The van der Waals surface area contributed by atoms with E-state index in [1.165, 1.54) is 23.5 Å². The normalized spacial score (nSPS) is 10.3. The van der Waals surface area contributed by atoms with E-state index < -0.39 is 11.8 Å². The van der Waals surface area contributed by atoms with Crippen LogP contribution in [0.4, 0.5) is 10.1 Å². The predicted molar refractivity (Wildman–Crippen MR) is 66.8 cm³/mol.